The summed E-state index contributed by atoms with van der Waals surface area (Å²) in [6, 6.07) is 13.0. The minimum absolute atomic E-state index is 0.0259. The van der Waals surface area contributed by atoms with Crippen molar-refractivity contribution in [3.05, 3.63) is 83.8 Å². The molecule has 0 bridgehead atoms. The second-order valence-electron chi connectivity index (χ2n) is 7.18. The summed E-state index contributed by atoms with van der Waals surface area (Å²) in [6.07, 6.45) is 3.37. The maximum absolute atomic E-state index is 13.3. The zero-order chi connectivity index (χ0) is 19.3. The van der Waals surface area contributed by atoms with E-state index in [1.807, 2.05) is 16.8 Å². The molecule has 0 N–H and O–H groups in total. The van der Waals surface area contributed by atoms with Gasteiger partial charge < -0.3 is 18.8 Å². The zero-order valence-corrected chi connectivity index (χ0v) is 15.0. The molecule has 1 fully saturated rings. The molecule has 7 heteroatoms. The van der Waals surface area contributed by atoms with Crippen molar-refractivity contribution >= 4 is 11.8 Å². The SMILES string of the molecule is O=C(c1ccco1)N1CC2C(C1)n1cccc1C(=O)N2Cc1ccc(F)cc1. The van der Waals surface area contributed by atoms with Crippen LogP contribution in [0.15, 0.2) is 65.4 Å². The summed E-state index contributed by atoms with van der Waals surface area (Å²) in [4.78, 5) is 29.4. The van der Waals surface area contributed by atoms with E-state index in [1.165, 1.54) is 18.4 Å². The van der Waals surface area contributed by atoms with Crippen LogP contribution in [0.3, 0.4) is 0 Å². The van der Waals surface area contributed by atoms with E-state index in [4.69, 9.17) is 4.42 Å². The molecule has 0 radical (unpaired) electrons. The van der Waals surface area contributed by atoms with Crippen molar-refractivity contribution in [2.75, 3.05) is 13.1 Å². The lowest BCUT2D eigenvalue weighted by atomic mass is 10.0. The maximum Gasteiger partial charge on any atom is 0.289 e. The Morgan fingerprint density at radius 1 is 1.07 bits per heavy atom. The smallest absolute Gasteiger partial charge is 0.289 e. The number of furan rings is 1. The zero-order valence-electron chi connectivity index (χ0n) is 15.0. The normalized spacial score (nSPS) is 21.0. The Balaban J connectivity index is 1.47. The number of carbonyl (C=O) groups excluding carboxylic acids is 2. The van der Waals surface area contributed by atoms with Crippen LogP contribution in [0.5, 0.6) is 0 Å². The highest BCUT2D eigenvalue weighted by Gasteiger charge is 2.46. The van der Waals surface area contributed by atoms with E-state index in [0.29, 0.717) is 31.1 Å². The molecule has 2 aliphatic rings. The van der Waals surface area contributed by atoms with E-state index in [9.17, 15) is 14.0 Å². The van der Waals surface area contributed by atoms with Gasteiger partial charge in [-0.1, -0.05) is 12.1 Å². The number of carbonyl (C=O) groups is 2. The second kappa shape index (κ2) is 6.37. The van der Waals surface area contributed by atoms with Crippen LogP contribution in [0, 0.1) is 5.82 Å². The molecule has 1 aromatic carbocycles. The predicted octanol–water partition coefficient (Wildman–Crippen LogP) is 2.94. The van der Waals surface area contributed by atoms with Gasteiger partial charge in [-0.15, -0.1) is 0 Å². The number of aromatic nitrogens is 1. The van der Waals surface area contributed by atoms with Crippen LogP contribution < -0.4 is 0 Å². The van der Waals surface area contributed by atoms with Crippen molar-refractivity contribution in [1.29, 1.82) is 0 Å². The van der Waals surface area contributed by atoms with E-state index in [0.717, 1.165) is 5.56 Å². The second-order valence-corrected chi connectivity index (χ2v) is 7.18. The number of nitrogens with zero attached hydrogens (tertiary/aromatic N) is 3. The van der Waals surface area contributed by atoms with Crippen molar-refractivity contribution in [3.63, 3.8) is 0 Å². The van der Waals surface area contributed by atoms with Crippen LogP contribution in [0.25, 0.3) is 0 Å². The molecular weight excluding hydrogens is 361 g/mol. The first kappa shape index (κ1) is 16.8. The first-order chi connectivity index (χ1) is 13.6. The van der Waals surface area contributed by atoms with Gasteiger partial charge in [0.1, 0.15) is 11.5 Å². The van der Waals surface area contributed by atoms with Crippen molar-refractivity contribution in [1.82, 2.24) is 14.4 Å². The topological polar surface area (TPSA) is 58.7 Å². The molecule has 3 aromatic rings. The van der Waals surface area contributed by atoms with Crippen LogP contribution >= 0.6 is 0 Å². The van der Waals surface area contributed by atoms with Gasteiger partial charge in [-0.2, -0.15) is 0 Å². The highest BCUT2D eigenvalue weighted by atomic mass is 19.1. The van der Waals surface area contributed by atoms with Gasteiger partial charge in [0.2, 0.25) is 0 Å². The monoisotopic (exact) mass is 379 g/mol. The van der Waals surface area contributed by atoms with E-state index in [-0.39, 0.29) is 29.7 Å². The van der Waals surface area contributed by atoms with Crippen molar-refractivity contribution in [2.24, 2.45) is 0 Å². The Morgan fingerprint density at radius 3 is 2.61 bits per heavy atom. The van der Waals surface area contributed by atoms with Crippen molar-refractivity contribution in [3.8, 4) is 0 Å². The molecule has 28 heavy (non-hydrogen) atoms. The Bertz CT molecular complexity index is 1030. The summed E-state index contributed by atoms with van der Waals surface area (Å²) < 4.78 is 20.5. The van der Waals surface area contributed by atoms with E-state index >= 15 is 0 Å². The van der Waals surface area contributed by atoms with Crippen LogP contribution in [-0.4, -0.2) is 45.3 Å². The standard InChI is InChI=1S/C21H18FN3O3/c22-15-7-5-14(6-8-15)11-25-18-13-23(21(27)19-4-2-10-28-19)12-17(18)24-9-1-3-16(24)20(25)26/h1-10,17-18H,11-13H2. The number of likely N-dealkylation sites (tertiary alicyclic amines) is 1. The molecule has 0 saturated carbocycles. The number of hydrogen-bond acceptors (Lipinski definition) is 3. The molecule has 142 valence electrons. The van der Waals surface area contributed by atoms with Crippen molar-refractivity contribution < 1.29 is 18.4 Å². The summed E-state index contributed by atoms with van der Waals surface area (Å²) >= 11 is 0. The van der Waals surface area contributed by atoms with Gasteiger partial charge in [0.25, 0.3) is 11.8 Å². The third-order valence-electron chi connectivity index (χ3n) is 5.56. The fourth-order valence-corrected chi connectivity index (χ4v) is 4.21. The van der Waals surface area contributed by atoms with Crippen LogP contribution in [0.4, 0.5) is 4.39 Å². The summed E-state index contributed by atoms with van der Waals surface area (Å²) in [6.45, 7) is 1.29. The predicted molar refractivity (Wildman–Crippen MR) is 98.1 cm³/mol. The van der Waals surface area contributed by atoms with Gasteiger partial charge in [-0.3, -0.25) is 9.59 Å². The quantitative estimate of drug-likeness (QED) is 0.703. The van der Waals surface area contributed by atoms with Crippen LogP contribution in [0.2, 0.25) is 0 Å². The Morgan fingerprint density at radius 2 is 1.86 bits per heavy atom. The lowest BCUT2D eigenvalue weighted by molar-refractivity contribution is 0.0549. The van der Waals surface area contributed by atoms with E-state index in [2.05, 4.69) is 0 Å². The van der Waals surface area contributed by atoms with Gasteiger partial charge in [0.05, 0.1) is 18.3 Å². The van der Waals surface area contributed by atoms with Crippen LogP contribution in [0.1, 0.15) is 32.6 Å². The largest absolute Gasteiger partial charge is 0.459 e. The van der Waals surface area contributed by atoms with E-state index < -0.39 is 0 Å². The first-order valence-electron chi connectivity index (χ1n) is 9.17. The molecule has 2 aliphatic heterocycles. The molecule has 5 rings (SSSR count). The van der Waals surface area contributed by atoms with Gasteiger partial charge in [-0.05, 0) is 42.0 Å². The lowest BCUT2D eigenvalue weighted by Gasteiger charge is -2.38. The van der Waals surface area contributed by atoms with Crippen LogP contribution in [-0.2, 0) is 6.54 Å². The maximum atomic E-state index is 13.3. The Kier molecular flexibility index (Phi) is 3.82. The molecule has 2 atom stereocenters. The first-order valence-corrected chi connectivity index (χ1v) is 9.17. The highest BCUT2D eigenvalue weighted by Crippen LogP contribution is 2.35. The lowest BCUT2D eigenvalue weighted by Crippen LogP contribution is -2.49. The number of fused-ring (bicyclic) bond motifs is 3. The minimum Gasteiger partial charge on any atom is -0.459 e. The Hall–Kier alpha value is -3.35. The summed E-state index contributed by atoms with van der Waals surface area (Å²) in [5.74, 6) is -0.274. The average molecular weight is 379 g/mol. The fraction of sp³-hybridized carbons (Fsp3) is 0.238. The molecular formula is C21H18FN3O3. The summed E-state index contributed by atoms with van der Waals surface area (Å²) in [7, 11) is 0. The third kappa shape index (κ3) is 2.62. The van der Waals surface area contributed by atoms with Gasteiger partial charge in [0.15, 0.2) is 5.76 Å². The molecule has 0 spiro atoms. The van der Waals surface area contributed by atoms with Gasteiger partial charge >= 0.3 is 0 Å². The molecule has 4 heterocycles. The van der Waals surface area contributed by atoms with Crippen molar-refractivity contribution in [2.45, 2.75) is 18.6 Å². The summed E-state index contributed by atoms with van der Waals surface area (Å²) in [5.41, 5.74) is 1.46. The third-order valence-corrected chi connectivity index (χ3v) is 5.56. The number of benzene rings is 1. The fourth-order valence-electron chi connectivity index (χ4n) is 4.21. The van der Waals surface area contributed by atoms with Gasteiger partial charge in [0, 0.05) is 25.8 Å². The minimum atomic E-state index is -0.309. The van der Waals surface area contributed by atoms with Gasteiger partial charge in [-0.25, -0.2) is 4.39 Å². The van der Waals surface area contributed by atoms with E-state index in [1.54, 1.807) is 40.1 Å². The number of halogens is 1. The highest BCUT2D eigenvalue weighted by molar-refractivity contribution is 5.95. The number of hydrogen-bond donors (Lipinski definition) is 0. The average Bonchev–Trinajstić information content (AvgIpc) is 3.45. The molecule has 2 aromatic heterocycles. The molecule has 0 aliphatic carbocycles. The molecule has 2 amide bonds. The summed E-state index contributed by atoms with van der Waals surface area (Å²) in [5, 5.41) is 0. The molecule has 2 unspecified atom stereocenters. The number of rotatable bonds is 3. The number of amides is 2. The Labute approximate surface area is 160 Å². The molecule has 1 saturated heterocycles. The molecule has 6 nitrogen and oxygen atoms in total.